The maximum atomic E-state index is 12.8. The van der Waals surface area contributed by atoms with Gasteiger partial charge in [-0.15, -0.1) is 0 Å². The Labute approximate surface area is 193 Å². The highest BCUT2D eigenvalue weighted by atomic mass is 16.3. The summed E-state index contributed by atoms with van der Waals surface area (Å²) in [4.78, 5) is 37.5. The van der Waals surface area contributed by atoms with Crippen LogP contribution in [0.15, 0.2) is 0 Å². The first-order valence-electron chi connectivity index (χ1n) is 12.6. The van der Waals surface area contributed by atoms with Crippen LogP contribution in [-0.4, -0.2) is 60.0 Å². The number of unbranched alkanes of at least 4 members (excludes halogenated alkanes) is 5. The molecular weight excluding hydrogens is 408 g/mol. The monoisotopic (exact) mass is 454 g/mol. The molecule has 0 aliphatic carbocycles. The summed E-state index contributed by atoms with van der Waals surface area (Å²) >= 11 is 0. The van der Waals surface area contributed by atoms with Crippen LogP contribution in [0, 0.1) is 5.92 Å². The molecule has 0 aromatic carbocycles. The number of nitrogens with one attached hydrogen (secondary N) is 3. The minimum Gasteiger partial charge on any atom is -0.391 e. The molecule has 1 saturated heterocycles. The third-order valence-corrected chi connectivity index (χ3v) is 6.37. The lowest BCUT2D eigenvalue weighted by molar-refractivity contribution is -0.135. The average Bonchev–Trinajstić information content (AvgIpc) is 2.78. The van der Waals surface area contributed by atoms with Crippen molar-refractivity contribution in [3.63, 3.8) is 0 Å². The van der Waals surface area contributed by atoms with Crippen LogP contribution in [0.5, 0.6) is 0 Å². The molecule has 0 aromatic heterocycles. The average molecular weight is 455 g/mol. The number of piperidine rings is 1. The summed E-state index contributed by atoms with van der Waals surface area (Å²) in [6.07, 6.45) is 10.0. The van der Waals surface area contributed by atoms with E-state index in [0.717, 1.165) is 19.3 Å². The van der Waals surface area contributed by atoms with Crippen molar-refractivity contribution in [1.82, 2.24) is 16.0 Å². The largest absolute Gasteiger partial charge is 0.391 e. The summed E-state index contributed by atoms with van der Waals surface area (Å²) in [5, 5.41) is 18.9. The summed E-state index contributed by atoms with van der Waals surface area (Å²) < 4.78 is 0. The van der Waals surface area contributed by atoms with E-state index in [9.17, 15) is 19.5 Å². The van der Waals surface area contributed by atoms with Crippen molar-refractivity contribution in [3.05, 3.63) is 0 Å². The quantitative estimate of drug-likeness (QED) is 0.226. The number of hydrogen-bond donors (Lipinski definition) is 5. The molecule has 186 valence electrons. The first-order valence-corrected chi connectivity index (χ1v) is 12.6. The van der Waals surface area contributed by atoms with Gasteiger partial charge in [0.05, 0.1) is 18.1 Å². The predicted molar refractivity (Wildman–Crippen MR) is 127 cm³/mol. The molecule has 1 unspecified atom stereocenters. The Morgan fingerprint density at radius 2 is 1.75 bits per heavy atom. The second-order valence-corrected chi connectivity index (χ2v) is 9.12. The van der Waals surface area contributed by atoms with Gasteiger partial charge in [-0.05, 0) is 39.2 Å². The Balaban J connectivity index is 2.47. The molecule has 8 nitrogen and oxygen atoms in total. The highest BCUT2D eigenvalue weighted by Gasteiger charge is 2.32. The molecule has 0 aromatic rings. The number of ketones is 1. The molecule has 1 heterocycles. The molecule has 0 saturated carbocycles. The zero-order valence-electron chi connectivity index (χ0n) is 20.3. The lowest BCUT2D eigenvalue weighted by Crippen LogP contribution is -2.57. The molecule has 0 radical (unpaired) electrons. The van der Waals surface area contributed by atoms with Crippen LogP contribution in [0.2, 0.25) is 0 Å². The molecule has 1 rings (SSSR count). The number of hydrogen-bond acceptors (Lipinski definition) is 6. The van der Waals surface area contributed by atoms with E-state index >= 15 is 0 Å². The predicted octanol–water partition coefficient (Wildman–Crippen LogP) is 1.78. The van der Waals surface area contributed by atoms with Crippen LogP contribution in [0.4, 0.5) is 0 Å². The van der Waals surface area contributed by atoms with Gasteiger partial charge >= 0.3 is 0 Å². The van der Waals surface area contributed by atoms with Crippen LogP contribution < -0.4 is 21.7 Å². The van der Waals surface area contributed by atoms with Crippen molar-refractivity contribution in [2.24, 2.45) is 11.7 Å². The van der Waals surface area contributed by atoms with Gasteiger partial charge in [0, 0.05) is 19.0 Å². The van der Waals surface area contributed by atoms with Crippen molar-refractivity contribution in [2.75, 3.05) is 13.1 Å². The lowest BCUT2D eigenvalue weighted by Gasteiger charge is -2.31. The SMILES string of the molecule is CCCCCCCC[C@H]1CCC(C(=O)N[C@H](C(=O)N[C@@H](CCN)C(=O)CC)[C@H](C)O)CN1. The van der Waals surface area contributed by atoms with E-state index in [2.05, 4.69) is 22.9 Å². The summed E-state index contributed by atoms with van der Waals surface area (Å²) in [5.41, 5.74) is 5.55. The molecule has 0 bridgehead atoms. The van der Waals surface area contributed by atoms with Gasteiger partial charge < -0.3 is 26.8 Å². The van der Waals surface area contributed by atoms with Gasteiger partial charge in [0.25, 0.3) is 0 Å². The number of carbonyl (C=O) groups is 3. The number of aliphatic hydroxyl groups is 1. The number of rotatable bonds is 16. The van der Waals surface area contributed by atoms with Crippen LogP contribution in [-0.2, 0) is 14.4 Å². The lowest BCUT2D eigenvalue weighted by atomic mass is 9.91. The topological polar surface area (TPSA) is 134 Å². The third kappa shape index (κ3) is 10.4. The fourth-order valence-electron chi connectivity index (χ4n) is 4.22. The summed E-state index contributed by atoms with van der Waals surface area (Å²) in [5.74, 6) is -1.15. The van der Waals surface area contributed by atoms with Crippen molar-refractivity contribution in [3.8, 4) is 0 Å². The Morgan fingerprint density at radius 1 is 1.06 bits per heavy atom. The van der Waals surface area contributed by atoms with Gasteiger partial charge in [-0.2, -0.15) is 0 Å². The highest BCUT2D eigenvalue weighted by Crippen LogP contribution is 2.19. The maximum absolute atomic E-state index is 12.8. The molecule has 2 amide bonds. The molecule has 6 N–H and O–H groups in total. The van der Waals surface area contributed by atoms with Crippen LogP contribution >= 0.6 is 0 Å². The molecule has 1 fully saturated rings. The fraction of sp³-hybridized carbons (Fsp3) is 0.875. The number of amides is 2. The van der Waals surface area contributed by atoms with E-state index in [-0.39, 0.29) is 30.6 Å². The Bertz CT molecular complexity index is 562. The molecule has 8 heteroatoms. The van der Waals surface area contributed by atoms with Crippen molar-refractivity contribution in [1.29, 1.82) is 0 Å². The van der Waals surface area contributed by atoms with E-state index in [1.54, 1.807) is 6.92 Å². The zero-order chi connectivity index (χ0) is 23.9. The first-order chi connectivity index (χ1) is 15.3. The number of aliphatic hydroxyl groups excluding tert-OH is 1. The van der Waals surface area contributed by atoms with E-state index in [1.165, 1.54) is 45.4 Å². The second-order valence-electron chi connectivity index (χ2n) is 9.12. The minimum atomic E-state index is -1.10. The van der Waals surface area contributed by atoms with E-state index in [1.807, 2.05) is 0 Å². The number of nitrogens with two attached hydrogens (primary N) is 1. The van der Waals surface area contributed by atoms with Gasteiger partial charge in [-0.3, -0.25) is 14.4 Å². The Kier molecular flexibility index (Phi) is 14.4. The fourth-order valence-corrected chi connectivity index (χ4v) is 4.22. The molecule has 1 aliphatic rings. The summed E-state index contributed by atoms with van der Waals surface area (Å²) in [6, 6.07) is -1.36. The van der Waals surface area contributed by atoms with E-state index < -0.39 is 24.1 Å². The Morgan fingerprint density at radius 3 is 2.31 bits per heavy atom. The van der Waals surface area contributed by atoms with Crippen LogP contribution in [0.1, 0.15) is 91.4 Å². The van der Waals surface area contributed by atoms with E-state index in [4.69, 9.17) is 5.73 Å². The minimum absolute atomic E-state index is 0.118. The maximum Gasteiger partial charge on any atom is 0.245 e. The summed E-state index contributed by atoms with van der Waals surface area (Å²) in [7, 11) is 0. The Hall–Kier alpha value is -1.51. The zero-order valence-corrected chi connectivity index (χ0v) is 20.3. The normalized spacial score (nSPS) is 21.4. The highest BCUT2D eigenvalue weighted by molar-refractivity contribution is 5.93. The molecule has 5 atom stereocenters. The molecule has 32 heavy (non-hydrogen) atoms. The third-order valence-electron chi connectivity index (χ3n) is 6.37. The van der Waals surface area contributed by atoms with Crippen molar-refractivity contribution in [2.45, 2.75) is 116 Å². The standard InChI is InChI=1S/C24H46N4O4/c1-4-6-7-8-9-10-11-19-13-12-18(16-26-19)23(31)28-22(17(3)29)24(32)27-20(14-15-25)21(30)5-2/h17-20,22,26,29H,4-16,25H2,1-3H3,(H,27,32)(H,28,31)/t17-,18?,19-,20-,22-/m0/s1. The van der Waals surface area contributed by atoms with Gasteiger partial charge in [0.15, 0.2) is 5.78 Å². The summed E-state index contributed by atoms with van der Waals surface area (Å²) in [6.45, 7) is 6.24. The van der Waals surface area contributed by atoms with E-state index in [0.29, 0.717) is 19.0 Å². The van der Waals surface area contributed by atoms with Crippen LogP contribution in [0.3, 0.4) is 0 Å². The molecule has 0 spiro atoms. The van der Waals surface area contributed by atoms with Gasteiger partial charge in [0.2, 0.25) is 11.8 Å². The van der Waals surface area contributed by atoms with Crippen LogP contribution in [0.25, 0.3) is 0 Å². The first kappa shape index (κ1) is 28.5. The van der Waals surface area contributed by atoms with Gasteiger partial charge in [0.1, 0.15) is 6.04 Å². The van der Waals surface area contributed by atoms with Gasteiger partial charge in [-0.25, -0.2) is 0 Å². The van der Waals surface area contributed by atoms with Gasteiger partial charge in [-0.1, -0.05) is 52.4 Å². The number of carbonyl (C=O) groups excluding carboxylic acids is 3. The van der Waals surface area contributed by atoms with Crippen molar-refractivity contribution >= 4 is 17.6 Å². The molecular formula is C24H46N4O4. The smallest absolute Gasteiger partial charge is 0.245 e. The van der Waals surface area contributed by atoms with Crippen molar-refractivity contribution < 1.29 is 19.5 Å². The molecule has 1 aliphatic heterocycles. The second kappa shape index (κ2) is 16.2. The number of Topliss-reactive ketones (excluding diaryl/α,β-unsaturated/α-hetero) is 1.